The van der Waals surface area contributed by atoms with Crippen LogP contribution in [0.1, 0.15) is 60.1 Å². The van der Waals surface area contributed by atoms with Crippen LogP contribution in [0.15, 0.2) is 72.9 Å². The van der Waals surface area contributed by atoms with Gasteiger partial charge in [-0.05, 0) is 104 Å². The van der Waals surface area contributed by atoms with Crippen LogP contribution in [0, 0.1) is 0 Å². The molecule has 3 aromatic carbocycles. The molecule has 2 atom stereocenters. The number of imide groups is 1. The molecule has 2 spiro atoms. The number of para-hydroxylation sites is 1. The van der Waals surface area contributed by atoms with Gasteiger partial charge in [-0.1, -0.05) is 42.5 Å². The van der Waals surface area contributed by atoms with E-state index in [1.807, 2.05) is 56.4 Å². The summed E-state index contributed by atoms with van der Waals surface area (Å²) in [5.74, 6) is -0.0655. The van der Waals surface area contributed by atoms with Crippen molar-refractivity contribution in [2.45, 2.75) is 69.5 Å². The number of anilines is 1. The first kappa shape index (κ1) is 25.2. The summed E-state index contributed by atoms with van der Waals surface area (Å²) >= 11 is 0. The molecule has 4 aliphatic rings. The van der Waals surface area contributed by atoms with Gasteiger partial charge in [0.15, 0.2) is 0 Å². The monoisotopic (exact) mass is 556 g/mol. The van der Waals surface area contributed by atoms with Gasteiger partial charge in [0.2, 0.25) is 5.91 Å². The molecule has 1 aromatic heterocycles. The third-order valence-electron chi connectivity index (χ3n) is 9.94. The first-order valence-electron chi connectivity index (χ1n) is 14.9. The third-order valence-corrected chi connectivity index (χ3v) is 9.94. The number of fused-ring (bicyclic) bond motifs is 6. The molecule has 7 nitrogen and oxygen atoms in total. The molecule has 3 heterocycles. The number of hydrogen-bond donors (Lipinski definition) is 1. The Labute approximate surface area is 244 Å². The number of nitrogens with zero attached hydrogens (tertiary/aromatic N) is 3. The molecule has 0 bridgehead atoms. The van der Waals surface area contributed by atoms with Gasteiger partial charge in [0.25, 0.3) is 5.91 Å². The van der Waals surface area contributed by atoms with Crippen molar-refractivity contribution in [2.24, 2.45) is 0 Å². The van der Waals surface area contributed by atoms with E-state index in [2.05, 4.69) is 35.6 Å². The van der Waals surface area contributed by atoms with Gasteiger partial charge < -0.3 is 10.2 Å². The number of rotatable bonds is 3. The average Bonchev–Trinajstić information content (AvgIpc) is 3.56. The Kier molecular flexibility index (Phi) is 5.25. The molecular weight excluding hydrogens is 524 g/mol. The van der Waals surface area contributed by atoms with Crippen LogP contribution in [0.4, 0.5) is 10.5 Å². The van der Waals surface area contributed by atoms with Crippen LogP contribution in [0.3, 0.4) is 0 Å². The van der Waals surface area contributed by atoms with Gasteiger partial charge in [0, 0.05) is 23.3 Å². The average molecular weight is 557 g/mol. The summed E-state index contributed by atoms with van der Waals surface area (Å²) in [5.41, 5.74) is 6.53. The Morgan fingerprint density at radius 2 is 1.64 bits per heavy atom. The number of nitrogens with one attached hydrogen (secondary N) is 1. The molecule has 210 valence electrons. The largest absolute Gasteiger partial charge is 0.328 e. The standard InChI is InChI=1S/C35H32N4O3/c1-21(2)39-32(41)35(13-7-9-23-8-3-4-10-27(23)35)38(33(39)42)20-22-14-24-15-25-17-34(18-26(25)16-30(24)36-19-22)28-11-5-6-12-29(28)37-31(34)40/h3-6,8,10-12,14-16,19,21H,7,9,13,17-18,20H2,1-2H3,(H,37,40)/t34-,35?/m0/s1. The van der Waals surface area contributed by atoms with E-state index < -0.39 is 11.0 Å². The fraction of sp³-hybridized carbons (Fsp3) is 0.314. The number of urea groups is 1. The minimum atomic E-state index is -1.00. The lowest BCUT2D eigenvalue weighted by molar-refractivity contribution is -0.135. The quantitative estimate of drug-likeness (QED) is 0.332. The molecule has 42 heavy (non-hydrogen) atoms. The zero-order valence-corrected chi connectivity index (χ0v) is 23.8. The number of pyridine rings is 1. The maximum absolute atomic E-state index is 14.1. The maximum Gasteiger partial charge on any atom is 0.328 e. The van der Waals surface area contributed by atoms with Gasteiger partial charge in [-0.15, -0.1) is 0 Å². The van der Waals surface area contributed by atoms with Crippen LogP contribution in [0.2, 0.25) is 0 Å². The van der Waals surface area contributed by atoms with Crippen molar-refractivity contribution < 1.29 is 14.4 Å². The highest BCUT2D eigenvalue weighted by molar-refractivity contribution is 6.08. The Hall–Kier alpha value is -4.52. The van der Waals surface area contributed by atoms with Crippen LogP contribution >= 0.6 is 0 Å². The molecule has 1 N–H and O–H groups in total. The van der Waals surface area contributed by atoms with Crippen molar-refractivity contribution in [3.8, 4) is 0 Å². The number of aromatic nitrogens is 1. The number of carbonyl (C=O) groups excluding carboxylic acids is 3. The fourth-order valence-electron chi connectivity index (χ4n) is 8.01. The van der Waals surface area contributed by atoms with E-state index in [0.29, 0.717) is 25.8 Å². The summed E-state index contributed by atoms with van der Waals surface area (Å²) in [5, 5.41) is 4.07. The molecule has 1 saturated heterocycles. The van der Waals surface area contributed by atoms with Crippen LogP contribution in [0.25, 0.3) is 10.9 Å². The van der Waals surface area contributed by atoms with Crippen LogP contribution in [-0.4, -0.2) is 38.7 Å². The highest BCUT2D eigenvalue weighted by atomic mass is 16.2. The molecule has 0 saturated carbocycles. The highest BCUT2D eigenvalue weighted by Gasteiger charge is 2.60. The molecule has 1 unspecified atom stereocenters. The van der Waals surface area contributed by atoms with Gasteiger partial charge in [-0.3, -0.25) is 19.5 Å². The van der Waals surface area contributed by atoms with Gasteiger partial charge in [0.1, 0.15) is 5.54 Å². The fourth-order valence-corrected chi connectivity index (χ4v) is 8.01. The molecular formula is C35H32N4O3. The second kappa shape index (κ2) is 8.74. The lowest BCUT2D eigenvalue weighted by atomic mass is 9.75. The normalized spacial score (nSPS) is 24.2. The molecule has 2 aliphatic carbocycles. The summed E-state index contributed by atoms with van der Waals surface area (Å²) in [4.78, 5) is 49.3. The summed E-state index contributed by atoms with van der Waals surface area (Å²) in [7, 11) is 0. The predicted octanol–water partition coefficient (Wildman–Crippen LogP) is 5.63. The van der Waals surface area contributed by atoms with Crippen molar-refractivity contribution in [3.63, 3.8) is 0 Å². The first-order chi connectivity index (χ1) is 20.3. The zero-order chi connectivity index (χ0) is 28.8. The van der Waals surface area contributed by atoms with Crippen molar-refractivity contribution in [1.29, 1.82) is 0 Å². The molecule has 1 fully saturated rings. The first-order valence-corrected chi connectivity index (χ1v) is 14.9. The summed E-state index contributed by atoms with van der Waals surface area (Å²) in [6.45, 7) is 4.09. The maximum atomic E-state index is 14.1. The minimum absolute atomic E-state index is 0.0579. The second-order valence-corrected chi connectivity index (χ2v) is 12.6. The molecule has 8 rings (SSSR count). The lowest BCUT2D eigenvalue weighted by Crippen LogP contribution is -2.49. The van der Waals surface area contributed by atoms with Gasteiger partial charge in [-0.25, -0.2) is 4.79 Å². The van der Waals surface area contributed by atoms with Crippen molar-refractivity contribution in [3.05, 3.63) is 106 Å². The summed E-state index contributed by atoms with van der Waals surface area (Å²) < 4.78 is 0. The SMILES string of the molecule is CC(C)N1C(=O)N(Cc2cnc3cc4c(cc3c2)C[C@@]2(C4)C(=O)Nc3ccccc32)C2(CCCc3ccccc32)C1=O. The lowest BCUT2D eigenvalue weighted by Gasteiger charge is -2.40. The molecule has 7 heteroatoms. The van der Waals surface area contributed by atoms with Gasteiger partial charge >= 0.3 is 6.03 Å². The highest BCUT2D eigenvalue weighted by Crippen LogP contribution is 2.49. The third kappa shape index (κ3) is 3.28. The van der Waals surface area contributed by atoms with Crippen LogP contribution in [-0.2, 0) is 46.4 Å². The van der Waals surface area contributed by atoms with E-state index in [9.17, 15) is 14.4 Å². The number of aryl methyl sites for hydroxylation is 1. The Morgan fingerprint density at radius 3 is 2.45 bits per heavy atom. The van der Waals surface area contributed by atoms with E-state index in [4.69, 9.17) is 4.98 Å². The van der Waals surface area contributed by atoms with E-state index >= 15 is 0 Å². The smallest absolute Gasteiger partial charge is 0.325 e. The molecule has 4 aromatic rings. The Balaban J connectivity index is 1.18. The molecule has 2 aliphatic heterocycles. The number of amides is 4. The van der Waals surface area contributed by atoms with Crippen LogP contribution < -0.4 is 5.32 Å². The number of benzene rings is 3. The van der Waals surface area contributed by atoms with Crippen molar-refractivity contribution >= 4 is 34.4 Å². The Morgan fingerprint density at radius 1 is 0.905 bits per heavy atom. The summed E-state index contributed by atoms with van der Waals surface area (Å²) in [6.07, 6.45) is 5.49. The summed E-state index contributed by atoms with van der Waals surface area (Å²) in [6, 6.07) is 21.9. The predicted molar refractivity (Wildman–Crippen MR) is 160 cm³/mol. The minimum Gasteiger partial charge on any atom is -0.325 e. The number of hydrogen-bond acceptors (Lipinski definition) is 4. The molecule has 0 radical (unpaired) electrons. The van der Waals surface area contributed by atoms with Crippen molar-refractivity contribution in [1.82, 2.24) is 14.8 Å². The van der Waals surface area contributed by atoms with Gasteiger partial charge in [-0.2, -0.15) is 0 Å². The Bertz CT molecular complexity index is 1850. The van der Waals surface area contributed by atoms with E-state index in [1.54, 1.807) is 4.90 Å². The van der Waals surface area contributed by atoms with Gasteiger partial charge in [0.05, 0.1) is 17.5 Å². The number of carbonyl (C=O) groups is 3. The second-order valence-electron chi connectivity index (χ2n) is 12.6. The molecule has 4 amide bonds. The zero-order valence-electron chi connectivity index (χ0n) is 23.8. The van der Waals surface area contributed by atoms with E-state index in [1.165, 1.54) is 4.90 Å². The van der Waals surface area contributed by atoms with E-state index in [0.717, 1.165) is 62.8 Å². The van der Waals surface area contributed by atoms with E-state index in [-0.39, 0.29) is 23.9 Å². The van der Waals surface area contributed by atoms with Crippen LogP contribution in [0.5, 0.6) is 0 Å². The topological polar surface area (TPSA) is 82.6 Å². The van der Waals surface area contributed by atoms with Crippen molar-refractivity contribution in [2.75, 3.05) is 5.32 Å².